The number of nitrogens with two attached hydrogens (primary N) is 1. The van der Waals surface area contributed by atoms with E-state index in [2.05, 4.69) is 45.3 Å². The highest BCUT2D eigenvalue weighted by molar-refractivity contribution is 9.10. The van der Waals surface area contributed by atoms with E-state index in [0.717, 1.165) is 28.1 Å². The van der Waals surface area contributed by atoms with Crippen LogP contribution in [-0.2, 0) is 6.54 Å². The van der Waals surface area contributed by atoms with Crippen molar-refractivity contribution in [3.05, 3.63) is 55.6 Å². The molecule has 0 saturated heterocycles. The standard InChI is InChI=1S/C15H18BrClN2S/c1-2-19(10-12-4-3-7-20-12)15(9-18)13-8-11(17)5-6-14(13)16/h3-8,15H,2,9-10,18H2,1H3. The van der Waals surface area contributed by atoms with Crippen LogP contribution in [0, 0.1) is 0 Å². The van der Waals surface area contributed by atoms with E-state index in [-0.39, 0.29) is 6.04 Å². The number of benzene rings is 1. The molecule has 1 atom stereocenters. The molecule has 0 aliphatic rings. The van der Waals surface area contributed by atoms with E-state index in [9.17, 15) is 0 Å². The van der Waals surface area contributed by atoms with Gasteiger partial charge in [0.05, 0.1) is 0 Å². The lowest BCUT2D eigenvalue weighted by Gasteiger charge is -2.30. The van der Waals surface area contributed by atoms with Crippen molar-refractivity contribution in [2.75, 3.05) is 13.1 Å². The van der Waals surface area contributed by atoms with Crippen LogP contribution >= 0.6 is 38.9 Å². The van der Waals surface area contributed by atoms with E-state index >= 15 is 0 Å². The van der Waals surface area contributed by atoms with Gasteiger partial charge in [-0.1, -0.05) is 40.5 Å². The summed E-state index contributed by atoms with van der Waals surface area (Å²) in [6, 6.07) is 10.3. The number of thiophene rings is 1. The Balaban J connectivity index is 2.26. The van der Waals surface area contributed by atoms with Crippen molar-refractivity contribution in [3.8, 4) is 0 Å². The summed E-state index contributed by atoms with van der Waals surface area (Å²) in [6.07, 6.45) is 0. The highest BCUT2D eigenvalue weighted by Gasteiger charge is 2.20. The number of hydrogen-bond donors (Lipinski definition) is 1. The molecule has 0 spiro atoms. The fraction of sp³-hybridized carbons (Fsp3) is 0.333. The maximum Gasteiger partial charge on any atom is 0.0485 e. The first-order valence-electron chi connectivity index (χ1n) is 6.57. The Labute approximate surface area is 137 Å². The molecule has 20 heavy (non-hydrogen) atoms. The van der Waals surface area contributed by atoms with Crippen molar-refractivity contribution in [2.45, 2.75) is 19.5 Å². The summed E-state index contributed by atoms with van der Waals surface area (Å²) in [5.41, 5.74) is 7.18. The third-order valence-corrected chi connectivity index (χ3v) is 5.14. The van der Waals surface area contributed by atoms with E-state index in [1.807, 2.05) is 18.2 Å². The molecule has 2 nitrogen and oxygen atoms in total. The van der Waals surface area contributed by atoms with Crippen LogP contribution < -0.4 is 5.73 Å². The molecule has 0 aliphatic heterocycles. The fourth-order valence-corrected chi connectivity index (χ4v) is 3.71. The summed E-state index contributed by atoms with van der Waals surface area (Å²) in [5, 5.41) is 2.85. The number of rotatable bonds is 6. The van der Waals surface area contributed by atoms with Crippen molar-refractivity contribution in [1.29, 1.82) is 0 Å². The molecule has 0 aliphatic carbocycles. The molecule has 0 radical (unpaired) electrons. The minimum Gasteiger partial charge on any atom is -0.329 e. The van der Waals surface area contributed by atoms with Gasteiger partial charge >= 0.3 is 0 Å². The SMILES string of the molecule is CCN(Cc1cccs1)C(CN)c1cc(Cl)ccc1Br. The average molecular weight is 374 g/mol. The Morgan fingerprint density at radius 1 is 1.40 bits per heavy atom. The maximum atomic E-state index is 6.13. The Hall–Kier alpha value is -0.390. The topological polar surface area (TPSA) is 29.3 Å². The third-order valence-electron chi connectivity index (χ3n) is 3.33. The summed E-state index contributed by atoms with van der Waals surface area (Å²) >= 11 is 11.5. The largest absolute Gasteiger partial charge is 0.329 e. The van der Waals surface area contributed by atoms with Crippen molar-refractivity contribution in [1.82, 2.24) is 4.90 Å². The smallest absolute Gasteiger partial charge is 0.0485 e. The molecule has 0 fully saturated rings. The summed E-state index contributed by atoms with van der Waals surface area (Å²) < 4.78 is 1.06. The average Bonchev–Trinajstić information content (AvgIpc) is 2.95. The molecular weight excluding hydrogens is 356 g/mol. The Kier molecular flexibility index (Phi) is 6.05. The number of halogens is 2. The molecule has 0 bridgehead atoms. The van der Waals surface area contributed by atoms with Gasteiger partial charge in [-0.25, -0.2) is 0 Å². The van der Waals surface area contributed by atoms with Crippen LogP contribution in [0.5, 0.6) is 0 Å². The number of nitrogens with zero attached hydrogens (tertiary/aromatic N) is 1. The second-order valence-electron chi connectivity index (χ2n) is 4.56. The summed E-state index contributed by atoms with van der Waals surface area (Å²) in [7, 11) is 0. The van der Waals surface area contributed by atoms with Crippen LogP contribution in [0.25, 0.3) is 0 Å². The van der Waals surface area contributed by atoms with Gasteiger partial charge in [-0.3, -0.25) is 4.90 Å². The van der Waals surface area contributed by atoms with Crippen LogP contribution in [0.1, 0.15) is 23.4 Å². The zero-order valence-electron chi connectivity index (χ0n) is 11.4. The Morgan fingerprint density at radius 3 is 2.80 bits per heavy atom. The Bertz CT molecular complexity index is 545. The molecule has 5 heteroatoms. The van der Waals surface area contributed by atoms with Gasteiger partial charge in [0.2, 0.25) is 0 Å². The Morgan fingerprint density at radius 2 is 2.20 bits per heavy atom. The molecule has 2 aromatic rings. The van der Waals surface area contributed by atoms with E-state index < -0.39 is 0 Å². The van der Waals surface area contributed by atoms with Crippen molar-refractivity contribution >= 4 is 38.9 Å². The van der Waals surface area contributed by atoms with Gasteiger partial charge in [-0.2, -0.15) is 0 Å². The molecule has 1 aromatic carbocycles. The van der Waals surface area contributed by atoms with Gasteiger partial charge in [-0.15, -0.1) is 11.3 Å². The molecule has 2 rings (SSSR count). The van der Waals surface area contributed by atoms with Crippen molar-refractivity contribution in [2.24, 2.45) is 5.73 Å². The monoisotopic (exact) mass is 372 g/mol. The lowest BCUT2D eigenvalue weighted by molar-refractivity contribution is 0.204. The van der Waals surface area contributed by atoms with Crippen LogP contribution in [0.4, 0.5) is 0 Å². The molecule has 2 N–H and O–H groups in total. The molecule has 1 heterocycles. The minimum absolute atomic E-state index is 0.162. The van der Waals surface area contributed by atoms with E-state index in [1.165, 1.54) is 4.88 Å². The van der Waals surface area contributed by atoms with Crippen LogP contribution in [0.15, 0.2) is 40.2 Å². The number of hydrogen-bond acceptors (Lipinski definition) is 3. The predicted molar refractivity (Wildman–Crippen MR) is 91.4 cm³/mol. The first-order valence-corrected chi connectivity index (χ1v) is 8.62. The molecule has 1 aromatic heterocycles. The van der Waals surface area contributed by atoms with E-state index in [1.54, 1.807) is 11.3 Å². The van der Waals surface area contributed by atoms with Crippen LogP contribution in [0.2, 0.25) is 5.02 Å². The van der Waals surface area contributed by atoms with Crippen molar-refractivity contribution in [3.63, 3.8) is 0 Å². The second kappa shape index (κ2) is 7.57. The lowest BCUT2D eigenvalue weighted by atomic mass is 10.1. The second-order valence-corrected chi connectivity index (χ2v) is 6.88. The minimum atomic E-state index is 0.162. The molecule has 0 saturated carbocycles. The molecule has 1 unspecified atom stereocenters. The van der Waals surface area contributed by atoms with Gasteiger partial charge in [-0.05, 0) is 41.8 Å². The van der Waals surface area contributed by atoms with E-state index in [4.69, 9.17) is 17.3 Å². The highest BCUT2D eigenvalue weighted by atomic mass is 79.9. The quantitative estimate of drug-likeness (QED) is 0.796. The first-order chi connectivity index (χ1) is 9.65. The van der Waals surface area contributed by atoms with Gasteiger partial charge in [0.1, 0.15) is 0 Å². The van der Waals surface area contributed by atoms with Crippen LogP contribution in [0.3, 0.4) is 0 Å². The van der Waals surface area contributed by atoms with Gasteiger partial charge in [0.25, 0.3) is 0 Å². The lowest BCUT2D eigenvalue weighted by Crippen LogP contribution is -2.33. The molecular formula is C15H18BrClN2S. The zero-order chi connectivity index (χ0) is 14.5. The normalized spacial score (nSPS) is 12.8. The third kappa shape index (κ3) is 3.83. The fourth-order valence-electron chi connectivity index (χ4n) is 2.29. The van der Waals surface area contributed by atoms with Gasteiger partial charge < -0.3 is 5.73 Å². The van der Waals surface area contributed by atoms with Gasteiger partial charge in [0, 0.05) is 33.5 Å². The van der Waals surface area contributed by atoms with Crippen LogP contribution in [-0.4, -0.2) is 18.0 Å². The van der Waals surface area contributed by atoms with Gasteiger partial charge in [0.15, 0.2) is 0 Å². The summed E-state index contributed by atoms with van der Waals surface area (Å²) in [6.45, 7) is 4.58. The first kappa shape index (κ1) is 16.0. The summed E-state index contributed by atoms with van der Waals surface area (Å²) in [4.78, 5) is 3.73. The zero-order valence-corrected chi connectivity index (χ0v) is 14.5. The molecule has 0 amide bonds. The summed E-state index contributed by atoms with van der Waals surface area (Å²) in [5.74, 6) is 0. The highest BCUT2D eigenvalue weighted by Crippen LogP contribution is 2.31. The number of likely N-dealkylation sites (N-methyl/N-ethyl adjacent to an activating group) is 1. The van der Waals surface area contributed by atoms with Crippen molar-refractivity contribution < 1.29 is 0 Å². The molecule has 108 valence electrons. The maximum absolute atomic E-state index is 6.13. The van der Waals surface area contributed by atoms with E-state index in [0.29, 0.717) is 6.54 Å². The predicted octanol–water partition coefficient (Wildman–Crippen LogP) is 4.69.